The minimum atomic E-state index is -0.146. The van der Waals surface area contributed by atoms with Crippen LogP contribution in [0.4, 0.5) is 0 Å². The molecule has 3 rings (SSSR count). The molecule has 0 aromatic carbocycles. The minimum Gasteiger partial charge on any atom is -0.462 e. The lowest BCUT2D eigenvalue weighted by Gasteiger charge is -2.48. The van der Waals surface area contributed by atoms with Gasteiger partial charge in [-0.25, -0.2) is 0 Å². The lowest BCUT2D eigenvalue weighted by molar-refractivity contribution is -0.160. The molecule has 0 aromatic heterocycles. The number of hydrogen-bond acceptors (Lipinski definition) is 2. The Bertz CT molecular complexity index is 454. The summed E-state index contributed by atoms with van der Waals surface area (Å²) in [5.41, 5.74) is 2.07. The van der Waals surface area contributed by atoms with Crippen LogP contribution in [0.3, 0.4) is 0 Å². The van der Waals surface area contributed by atoms with Crippen molar-refractivity contribution in [2.75, 3.05) is 0 Å². The van der Waals surface area contributed by atoms with Gasteiger partial charge in [0.25, 0.3) is 0 Å². The normalized spacial score (nSPS) is 52.1. The molecule has 0 aliphatic heterocycles. The second-order valence-electron chi connectivity index (χ2n) is 7.74. The third kappa shape index (κ3) is 1.35. The van der Waals surface area contributed by atoms with Crippen molar-refractivity contribution < 1.29 is 9.53 Å². The summed E-state index contributed by atoms with van der Waals surface area (Å²) in [4.78, 5) is 11.5. The van der Waals surface area contributed by atoms with E-state index in [9.17, 15) is 4.79 Å². The Kier molecular flexibility index (Phi) is 2.54. The molecule has 0 unspecified atom stereocenters. The molecule has 106 valence electrons. The first-order chi connectivity index (χ1) is 8.74. The molecule has 3 saturated carbocycles. The molecular weight excluding hydrogens is 236 g/mol. The molecule has 19 heavy (non-hydrogen) atoms. The maximum atomic E-state index is 11.5. The maximum absolute atomic E-state index is 11.5. The highest BCUT2D eigenvalue weighted by Crippen LogP contribution is 2.77. The first kappa shape index (κ1) is 13.2. The van der Waals surface area contributed by atoms with E-state index in [-0.39, 0.29) is 22.9 Å². The third-order valence-corrected chi connectivity index (χ3v) is 7.25. The van der Waals surface area contributed by atoms with Crippen molar-refractivity contribution in [3.63, 3.8) is 0 Å². The Morgan fingerprint density at radius 1 is 1.26 bits per heavy atom. The molecule has 3 aliphatic carbocycles. The fourth-order valence-corrected chi connectivity index (χ4v) is 5.80. The molecule has 2 nitrogen and oxygen atoms in total. The van der Waals surface area contributed by atoms with Crippen LogP contribution in [0.5, 0.6) is 0 Å². The number of esters is 1. The van der Waals surface area contributed by atoms with E-state index >= 15 is 0 Å². The van der Waals surface area contributed by atoms with Gasteiger partial charge >= 0.3 is 5.97 Å². The van der Waals surface area contributed by atoms with Gasteiger partial charge in [-0.1, -0.05) is 39.3 Å². The highest BCUT2D eigenvalue weighted by atomic mass is 16.5. The van der Waals surface area contributed by atoms with Crippen molar-refractivity contribution in [3.05, 3.63) is 12.2 Å². The largest absolute Gasteiger partial charge is 0.462 e. The quantitative estimate of drug-likeness (QED) is 0.525. The molecule has 0 N–H and O–H groups in total. The molecule has 3 aliphatic rings. The first-order valence-corrected chi connectivity index (χ1v) is 7.59. The number of carbonyl (C=O) groups excluding carboxylic acids is 1. The van der Waals surface area contributed by atoms with Crippen molar-refractivity contribution in [1.82, 2.24) is 0 Å². The van der Waals surface area contributed by atoms with Crippen molar-refractivity contribution in [2.45, 2.75) is 65.9 Å². The minimum absolute atomic E-state index is 0.0266. The van der Waals surface area contributed by atoms with Crippen LogP contribution in [0.15, 0.2) is 12.2 Å². The molecule has 0 saturated heterocycles. The van der Waals surface area contributed by atoms with Gasteiger partial charge in [0.05, 0.1) is 0 Å². The van der Waals surface area contributed by atoms with E-state index in [1.807, 2.05) is 0 Å². The number of fused-ring (bicyclic) bond motifs is 5. The Balaban J connectivity index is 2.08. The molecule has 2 heteroatoms. The van der Waals surface area contributed by atoms with Gasteiger partial charge in [0.1, 0.15) is 6.10 Å². The van der Waals surface area contributed by atoms with Crippen LogP contribution in [0.1, 0.15) is 59.8 Å². The average Bonchev–Trinajstić information content (AvgIpc) is 2.67. The number of rotatable bonds is 1. The topological polar surface area (TPSA) is 26.3 Å². The summed E-state index contributed by atoms with van der Waals surface area (Å²) < 4.78 is 5.71. The van der Waals surface area contributed by atoms with Crippen LogP contribution in [-0.4, -0.2) is 12.1 Å². The maximum Gasteiger partial charge on any atom is 0.302 e. The monoisotopic (exact) mass is 262 g/mol. The summed E-state index contributed by atoms with van der Waals surface area (Å²) in [6.07, 6.45) is 5.91. The number of hydrogen-bond donors (Lipinski definition) is 0. The van der Waals surface area contributed by atoms with Crippen LogP contribution < -0.4 is 0 Å². The van der Waals surface area contributed by atoms with Gasteiger partial charge in [-0.3, -0.25) is 4.79 Å². The summed E-state index contributed by atoms with van der Waals surface area (Å²) in [6.45, 7) is 13.1. The fraction of sp³-hybridized carbons (Fsp3) is 0.824. The predicted octanol–water partition coefficient (Wildman–Crippen LogP) is 4.10. The molecule has 0 spiro atoms. The van der Waals surface area contributed by atoms with Crippen LogP contribution in [0, 0.1) is 22.2 Å². The molecule has 5 atom stereocenters. The van der Waals surface area contributed by atoms with Gasteiger partial charge in [0.2, 0.25) is 0 Å². The lowest BCUT2D eigenvalue weighted by Crippen LogP contribution is -2.47. The van der Waals surface area contributed by atoms with E-state index in [2.05, 4.69) is 27.4 Å². The van der Waals surface area contributed by atoms with Gasteiger partial charge in [0, 0.05) is 18.8 Å². The Morgan fingerprint density at radius 3 is 2.58 bits per heavy atom. The van der Waals surface area contributed by atoms with E-state index in [0.717, 1.165) is 12.8 Å². The van der Waals surface area contributed by atoms with E-state index in [0.29, 0.717) is 11.3 Å². The second kappa shape index (κ2) is 3.65. The van der Waals surface area contributed by atoms with Crippen molar-refractivity contribution in [3.8, 4) is 0 Å². The zero-order valence-corrected chi connectivity index (χ0v) is 12.7. The smallest absolute Gasteiger partial charge is 0.302 e. The highest BCUT2D eigenvalue weighted by molar-refractivity contribution is 5.66. The van der Waals surface area contributed by atoms with Gasteiger partial charge in [-0.15, -0.1) is 0 Å². The van der Waals surface area contributed by atoms with Gasteiger partial charge in [0.15, 0.2) is 0 Å². The summed E-state index contributed by atoms with van der Waals surface area (Å²) in [5.74, 6) is 0.476. The summed E-state index contributed by atoms with van der Waals surface area (Å²) >= 11 is 0. The molecular formula is C17H26O2. The van der Waals surface area contributed by atoms with Crippen LogP contribution in [0.2, 0.25) is 0 Å². The van der Waals surface area contributed by atoms with E-state index in [4.69, 9.17) is 4.74 Å². The van der Waals surface area contributed by atoms with Gasteiger partial charge in [-0.2, -0.15) is 0 Å². The van der Waals surface area contributed by atoms with Gasteiger partial charge < -0.3 is 4.74 Å². The molecule has 0 radical (unpaired) electrons. The highest BCUT2D eigenvalue weighted by Gasteiger charge is 2.71. The predicted molar refractivity (Wildman–Crippen MR) is 75.6 cm³/mol. The first-order valence-electron chi connectivity index (χ1n) is 7.59. The van der Waals surface area contributed by atoms with E-state index < -0.39 is 0 Å². The van der Waals surface area contributed by atoms with Crippen LogP contribution in [0.25, 0.3) is 0 Å². The molecule has 3 fully saturated rings. The summed E-state index contributed by atoms with van der Waals surface area (Å²) in [6, 6.07) is 0. The van der Waals surface area contributed by atoms with Crippen LogP contribution >= 0.6 is 0 Å². The Hall–Kier alpha value is -0.790. The van der Waals surface area contributed by atoms with Crippen LogP contribution in [-0.2, 0) is 9.53 Å². The standard InChI is InChI=1S/C17H26O2/c1-11-9-14(19-12(2)18)16(4)10-13(11)15(3)7-6-8-17(15,16)5/h13-14H,1,6-10H2,2-5H3/t13-,14+,15+,16+,17+/m0/s1. The average molecular weight is 262 g/mol. The number of ether oxygens (including phenoxy) is 1. The summed E-state index contributed by atoms with van der Waals surface area (Å²) in [5, 5.41) is 0. The number of carbonyl (C=O) groups is 1. The van der Waals surface area contributed by atoms with E-state index in [1.165, 1.54) is 31.8 Å². The lowest BCUT2D eigenvalue weighted by atomic mass is 9.58. The zero-order valence-electron chi connectivity index (χ0n) is 12.7. The Labute approximate surface area is 116 Å². The Morgan fingerprint density at radius 2 is 1.95 bits per heavy atom. The van der Waals surface area contributed by atoms with Crippen molar-refractivity contribution in [1.29, 1.82) is 0 Å². The fourth-order valence-electron chi connectivity index (χ4n) is 5.80. The third-order valence-electron chi connectivity index (χ3n) is 7.25. The summed E-state index contributed by atoms with van der Waals surface area (Å²) in [7, 11) is 0. The molecule has 0 heterocycles. The SMILES string of the molecule is C=C1C[C@@H](OC(C)=O)[C@@]2(C)C[C@@H]1[C@@]1(C)CCC[C@@]21C. The molecule has 2 bridgehead atoms. The van der Waals surface area contributed by atoms with E-state index in [1.54, 1.807) is 0 Å². The van der Waals surface area contributed by atoms with Gasteiger partial charge in [-0.05, 0) is 36.0 Å². The van der Waals surface area contributed by atoms with Crippen molar-refractivity contribution in [2.24, 2.45) is 22.2 Å². The molecule has 0 aromatic rings. The zero-order chi connectivity index (χ0) is 14.1. The second-order valence-corrected chi connectivity index (χ2v) is 7.74. The van der Waals surface area contributed by atoms with Crippen molar-refractivity contribution >= 4 is 5.97 Å². The molecule has 0 amide bonds.